The summed E-state index contributed by atoms with van der Waals surface area (Å²) in [7, 11) is 4.07. The molecule has 0 aromatic carbocycles. The second-order valence-electron chi connectivity index (χ2n) is 4.51. The normalized spacial score (nSPS) is 10.9. The third-order valence-electron chi connectivity index (χ3n) is 2.63. The van der Waals surface area contributed by atoms with Crippen molar-refractivity contribution in [2.75, 3.05) is 32.1 Å². The monoisotopic (exact) mass is 280 g/mol. The second-order valence-corrected chi connectivity index (χ2v) is 4.94. The Morgan fingerprint density at radius 3 is 2.53 bits per heavy atom. The molecule has 2 rings (SSSR count). The van der Waals surface area contributed by atoms with E-state index in [1.165, 1.54) is 0 Å². The Morgan fingerprint density at radius 2 is 1.95 bits per heavy atom. The van der Waals surface area contributed by atoms with Gasteiger partial charge in [-0.15, -0.1) is 0 Å². The summed E-state index contributed by atoms with van der Waals surface area (Å²) in [5.74, 6) is 1.54. The van der Waals surface area contributed by atoms with Crippen molar-refractivity contribution in [2.24, 2.45) is 0 Å². The minimum Gasteiger partial charge on any atom is -0.467 e. The van der Waals surface area contributed by atoms with E-state index in [0.717, 1.165) is 18.8 Å². The molecule has 19 heavy (non-hydrogen) atoms. The van der Waals surface area contributed by atoms with Crippen molar-refractivity contribution in [3.63, 3.8) is 0 Å². The Hall–Kier alpha value is -1.59. The zero-order valence-corrected chi connectivity index (χ0v) is 11.8. The zero-order chi connectivity index (χ0) is 13.7. The highest BCUT2D eigenvalue weighted by Crippen LogP contribution is 2.14. The third kappa shape index (κ3) is 4.22. The van der Waals surface area contributed by atoms with Gasteiger partial charge in [-0.05, 0) is 26.2 Å². The molecule has 0 aliphatic rings. The number of halogens is 1. The average Bonchev–Trinajstić information content (AvgIpc) is 2.88. The molecule has 0 amide bonds. The number of nitrogens with zero attached hydrogens (tertiary/aromatic N) is 4. The van der Waals surface area contributed by atoms with Gasteiger partial charge in [-0.1, -0.05) is 11.6 Å². The van der Waals surface area contributed by atoms with Gasteiger partial charge in [0.2, 0.25) is 5.95 Å². The molecule has 0 saturated carbocycles. The van der Waals surface area contributed by atoms with Crippen LogP contribution in [0.2, 0.25) is 5.02 Å². The van der Waals surface area contributed by atoms with Gasteiger partial charge in [-0.25, -0.2) is 9.97 Å². The number of aromatic nitrogens is 2. The number of hydrogen-bond acceptors (Lipinski definition) is 5. The molecule has 0 saturated heterocycles. The van der Waals surface area contributed by atoms with Crippen LogP contribution < -0.4 is 4.90 Å². The topological polar surface area (TPSA) is 45.4 Å². The standard InChI is InChI=1S/C13H17ClN4O/c1-17(2)5-6-18(10-12-4-3-7-19-12)13-15-8-11(14)9-16-13/h3-4,7-9H,5-6,10H2,1-2H3. The molecule has 0 N–H and O–H groups in total. The minimum atomic E-state index is 0.536. The SMILES string of the molecule is CN(C)CCN(Cc1ccco1)c1ncc(Cl)cn1. The molecule has 6 heteroatoms. The fraction of sp³-hybridized carbons (Fsp3) is 0.385. The van der Waals surface area contributed by atoms with E-state index < -0.39 is 0 Å². The van der Waals surface area contributed by atoms with Crippen molar-refractivity contribution in [2.45, 2.75) is 6.54 Å². The van der Waals surface area contributed by atoms with Gasteiger partial charge in [0.15, 0.2) is 0 Å². The Balaban J connectivity index is 2.11. The Kier molecular flexibility index (Phi) is 4.76. The number of furan rings is 1. The van der Waals surface area contributed by atoms with Gasteiger partial charge < -0.3 is 14.2 Å². The molecule has 0 radical (unpaired) electrons. The number of hydrogen-bond donors (Lipinski definition) is 0. The summed E-state index contributed by atoms with van der Waals surface area (Å²) in [4.78, 5) is 12.7. The van der Waals surface area contributed by atoms with E-state index in [9.17, 15) is 0 Å². The Morgan fingerprint density at radius 1 is 1.21 bits per heavy atom. The molecular formula is C13H17ClN4O. The van der Waals surface area contributed by atoms with Crippen LogP contribution in [-0.2, 0) is 6.54 Å². The van der Waals surface area contributed by atoms with Crippen LogP contribution in [0.3, 0.4) is 0 Å². The molecule has 0 spiro atoms. The summed E-state index contributed by atoms with van der Waals surface area (Å²) in [5, 5.41) is 0.536. The van der Waals surface area contributed by atoms with Crippen LogP contribution in [0.25, 0.3) is 0 Å². The molecule has 0 unspecified atom stereocenters. The maximum Gasteiger partial charge on any atom is 0.225 e. The molecule has 102 valence electrons. The number of rotatable bonds is 6. The molecule has 0 aliphatic heterocycles. The maximum atomic E-state index is 5.82. The number of likely N-dealkylation sites (N-methyl/N-ethyl adjacent to an activating group) is 1. The quantitative estimate of drug-likeness (QED) is 0.812. The van der Waals surface area contributed by atoms with Crippen LogP contribution in [0.5, 0.6) is 0 Å². The second kappa shape index (κ2) is 6.54. The summed E-state index contributed by atoms with van der Waals surface area (Å²) < 4.78 is 5.38. The van der Waals surface area contributed by atoms with Gasteiger partial charge in [0.1, 0.15) is 5.76 Å². The van der Waals surface area contributed by atoms with Gasteiger partial charge >= 0.3 is 0 Å². The van der Waals surface area contributed by atoms with Gasteiger partial charge in [0.25, 0.3) is 0 Å². The lowest BCUT2D eigenvalue weighted by Gasteiger charge is -2.23. The molecule has 0 aliphatic carbocycles. The van der Waals surface area contributed by atoms with Crippen LogP contribution in [0.15, 0.2) is 35.2 Å². The van der Waals surface area contributed by atoms with Crippen molar-refractivity contribution < 1.29 is 4.42 Å². The van der Waals surface area contributed by atoms with Crippen molar-refractivity contribution >= 4 is 17.5 Å². The molecule has 5 nitrogen and oxygen atoms in total. The van der Waals surface area contributed by atoms with Crippen molar-refractivity contribution in [1.29, 1.82) is 0 Å². The fourth-order valence-electron chi connectivity index (χ4n) is 1.63. The van der Waals surface area contributed by atoms with Gasteiger partial charge in [0.05, 0.1) is 30.2 Å². The van der Waals surface area contributed by atoms with E-state index in [1.54, 1.807) is 18.7 Å². The highest BCUT2D eigenvalue weighted by molar-refractivity contribution is 6.30. The van der Waals surface area contributed by atoms with E-state index in [2.05, 4.69) is 19.8 Å². The first-order valence-corrected chi connectivity index (χ1v) is 6.42. The summed E-state index contributed by atoms with van der Waals surface area (Å²) in [6.45, 7) is 2.37. The van der Waals surface area contributed by atoms with Crippen LogP contribution >= 0.6 is 11.6 Å². The summed E-state index contributed by atoms with van der Waals surface area (Å²) >= 11 is 5.82. The molecular weight excluding hydrogens is 264 g/mol. The van der Waals surface area contributed by atoms with Crippen LogP contribution in [0.4, 0.5) is 5.95 Å². The van der Waals surface area contributed by atoms with Gasteiger partial charge in [0, 0.05) is 13.1 Å². The summed E-state index contributed by atoms with van der Waals surface area (Å²) in [5.41, 5.74) is 0. The zero-order valence-electron chi connectivity index (χ0n) is 11.1. The van der Waals surface area contributed by atoms with Crippen LogP contribution in [0.1, 0.15) is 5.76 Å². The molecule has 0 bridgehead atoms. The molecule has 2 heterocycles. The first-order valence-electron chi connectivity index (χ1n) is 6.05. The van der Waals surface area contributed by atoms with E-state index in [0.29, 0.717) is 17.5 Å². The van der Waals surface area contributed by atoms with Crippen LogP contribution in [-0.4, -0.2) is 42.1 Å². The summed E-state index contributed by atoms with van der Waals surface area (Å²) in [6, 6.07) is 3.82. The predicted octanol–water partition coefficient (Wildman–Crippen LogP) is 2.29. The lowest BCUT2D eigenvalue weighted by molar-refractivity contribution is 0.406. The van der Waals surface area contributed by atoms with E-state index in [-0.39, 0.29) is 0 Å². The van der Waals surface area contributed by atoms with E-state index >= 15 is 0 Å². The first-order chi connectivity index (χ1) is 9.15. The lowest BCUT2D eigenvalue weighted by atomic mass is 10.4. The molecule has 0 fully saturated rings. The maximum absolute atomic E-state index is 5.82. The number of anilines is 1. The predicted molar refractivity (Wildman–Crippen MR) is 75.4 cm³/mol. The van der Waals surface area contributed by atoms with E-state index in [4.69, 9.17) is 16.0 Å². The summed E-state index contributed by atoms with van der Waals surface area (Å²) in [6.07, 6.45) is 4.88. The molecule has 2 aromatic heterocycles. The van der Waals surface area contributed by atoms with Crippen molar-refractivity contribution in [3.05, 3.63) is 41.6 Å². The first kappa shape index (κ1) is 13.8. The third-order valence-corrected chi connectivity index (χ3v) is 2.83. The highest BCUT2D eigenvalue weighted by Gasteiger charge is 2.12. The highest BCUT2D eigenvalue weighted by atomic mass is 35.5. The largest absolute Gasteiger partial charge is 0.467 e. The van der Waals surface area contributed by atoms with Crippen molar-refractivity contribution in [3.8, 4) is 0 Å². The van der Waals surface area contributed by atoms with E-state index in [1.807, 2.05) is 26.2 Å². The Labute approximate surface area is 117 Å². The average molecular weight is 281 g/mol. The lowest BCUT2D eigenvalue weighted by Crippen LogP contribution is -2.32. The molecule has 2 aromatic rings. The van der Waals surface area contributed by atoms with Crippen molar-refractivity contribution in [1.82, 2.24) is 14.9 Å². The smallest absolute Gasteiger partial charge is 0.225 e. The minimum absolute atomic E-state index is 0.536. The van der Waals surface area contributed by atoms with Gasteiger partial charge in [-0.2, -0.15) is 0 Å². The fourth-order valence-corrected chi connectivity index (χ4v) is 1.73. The molecule has 0 atom stereocenters. The van der Waals surface area contributed by atoms with Gasteiger partial charge in [-0.3, -0.25) is 0 Å². The van der Waals surface area contributed by atoms with Crippen LogP contribution in [0, 0.1) is 0 Å². The Bertz CT molecular complexity index is 484.